The number of halogens is 1. The molecular formula is C8H6FN3O2. The van der Waals surface area contributed by atoms with E-state index in [0.717, 1.165) is 6.07 Å². The Morgan fingerprint density at radius 3 is 2.86 bits per heavy atom. The third-order valence-electron chi connectivity index (χ3n) is 1.60. The van der Waals surface area contributed by atoms with E-state index in [-0.39, 0.29) is 17.7 Å². The fourth-order valence-electron chi connectivity index (χ4n) is 0.916. The van der Waals surface area contributed by atoms with E-state index in [4.69, 9.17) is 10.6 Å². The summed E-state index contributed by atoms with van der Waals surface area (Å²) in [6.45, 7) is -0.123. The lowest BCUT2D eigenvalue weighted by Gasteiger charge is -1.99. The van der Waals surface area contributed by atoms with Gasteiger partial charge in [0.15, 0.2) is 0 Å². The van der Waals surface area contributed by atoms with Gasteiger partial charge >= 0.3 is 5.97 Å². The number of aromatic carboxylic acids is 1. The smallest absolute Gasteiger partial charge is 0.335 e. The number of carbonyl (C=O) groups is 1. The van der Waals surface area contributed by atoms with E-state index in [9.17, 15) is 9.18 Å². The van der Waals surface area contributed by atoms with Crippen LogP contribution in [0.3, 0.4) is 0 Å². The summed E-state index contributed by atoms with van der Waals surface area (Å²) < 4.78 is 13.1. The second-order valence-electron chi connectivity index (χ2n) is 2.50. The molecule has 0 saturated carbocycles. The summed E-state index contributed by atoms with van der Waals surface area (Å²) in [5.74, 6) is -1.88. The van der Waals surface area contributed by atoms with Crippen LogP contribution in [0.5, 0.6) is 0 Å². The second-order valence-corrected chi connectivity index (χ2v) is 2.50. The van der Waals surface area contributed by atoms with Gasteiger partial charge in [0.2, 0.25) is 0 Å². The van der Waals surface area contributed by atoms with Crippen LogP contribution in [-0.2, 0) is 6.54 Å². The molecule has 0 aliphatic heterocycles. The molecule has 0 radical (unpaired) electrons. The zero-order chi connectivity index (χ0) is 10.6. The summed E-state index contributed by atoms with van der Waals surface area (Å²) in [5.41, 5.74) is 8.04. The maximum atomic E-state index is 13.1. The van der Waals surface area contributed by atoms with E-state index in [1.807, 2.05) is 0 Å². The minimum atomic E-state index is -1.20. The number of carboxylic acid groups (broad SMARTS) is 1. The van der Waals surface area contributed by atoms with Gasteiger partial charge in [0.1, 0.15) is 5.82 Å². The summed E-state index contributed by atoms with van der Waals surface area (Å²) in [6.07, 6.45) is 0. The molecule has 14 heavy (non-hydrogen) atoms. The average molecular weight is 195 g/mol. The van der Waals surface area contributed by atoms with Crippen molar-refractivity contribution in [3.63, 3.8) is 0 Å². The quantitative estimate of drug-likeness (QED) is 0.455. The molecule has 6 heteroatoms. The predicted molar refractivity (Wildman–Crippen MR) is 46.2 cm³/mol. The Balaban J connectivity index is 3.00. The first-order valence-corrected chi connectivity index (χ1v) is 3.67. The average Bonchev–Trinajstić information content (AvgIpc) is 2.15. The maximum Gasteiger partial charge on any atom is 0.335 e. The van der Waals surface area contributed by atoms with Crippen molar-refractivity contribution < 1.29 is 14.3 Å². The second kappa shape index (κ2) is 4.25. The summed E-state index contributed by atoms with van der Waals surface area (Å²) in [4.78, 5) is 12.9. The lowest BCUT2D eigenvalue weighted by atomic mass is 10.1. The molecule has 0 aliphatic carbocycles. The van der Waals surface area contributed by atoms with Crippen molar-refractivity contribution in [1.82, 2.24) is 0 Å². The van der Waals surface area contributed by atoms with Crippen LogP contribution in [0.4, 0.5) is 4.39 Å². The van der Waals surface area contributed by atoms with E-state index in [0.29, 0.717) is 0 Å². The molecular weight excluding hydrogens is 189 g/mol. The van der Waals surface area contributed by atoms with E-state index < -0.39 is 11.8 Å². The first-order valence-electron chi connectivity index (χ1n) is 3.67. The summed E-state index contributed by atoms with van der Waals surface area (Å²) in [6, 6.07) is 3.44. The van der Waals surface area contributed by atoms with Gasteiger partial charge in [0.25, 0.3) is 0 Å². The van der Waals surface area contributed by atoms with Crippen molar-refractivity contribution in [3.05, 3.63) is 45.6 Å². The molecule has 1 aromatic rings. The van der Waals surface area contributed by atoms with Gasteiger partial charge in [-0.1, -0.05) is 11.2 Å². The zero-order valence-electron chi connectivity index (χ0n) is 7.01. The lowest BCUT2D eigenvalue weighted by molar-refractivity contribution is 0.0696. The van der Waals surface area contributed by atoms with Crippen LogP contribution in [0.1, 0.15) is 15.9 Å². The normalized spacial score (nSPS) is 9.21. The Bertz CT molecular complexity index is 413. The van der Waals surface area contributed by atoms with Gasteiger partial charge in [-0.15, -0.1) is 0 Å². The molecule has 0 spiro atoms. The lowest BCUT2D eigenvalue weighted by Crippen LogP contribution is -1.98. The highest BCUT2D eigenvalue weighted by Crippen LogP contribution is 2.11. The molecule has 0 bridgehead atoms. The highest BCUT2D eigenvalue weighted by Gasteiger charge is 2.06. The van der Waals surface area contributed by atoms with Crippen LogP contribution in [0.15, 0.2) is 23.3 Å². The number of rotatable bonds is 3. The standard InChI is InChI=1S/C8H6FN3O2/c9-7-3-5(8(13)14)1-2-6(7)4-11-12-10/h1-3H,4H2,(H,13,14). The fourth-order valence-corrected chi connectivity index (χ4v) is 0.916. The highest BCUT2D eigenvalue weighted by atomic mass is 19.1. The summed E-state index contributed by atoms with van der Waals surface area (Å²) in [5, 5.41) is 11.7. The van der Waals surface area contributed by atoms with Gasteiger partial charge in [-0.05, 0) is 23.2 Å². The predicted octanol–water partition coefficient (Wildman–Crippen LogP) is 2.33. The number of hydrogen-bond donors (Lipinski definition) is 1. The van der Waals surface area contributed by atoms with Crippen LogP contribution in [-0.4, -0.2) is 11.1 Å². The SMILES string of the molecule is [N-]=[N+]=NCc1ccc(C(=O)O)cc1F. The number of hydrogen-bond acceptors (Lipinski definition) is 2. The largest absolute Gasteiger partial charge is 0.478 e. The molecule has 0 aliphatic rings. The number of nitrogens with zero attached hydrogens (tertiary/aromatic N) is 3. The Kier molecular flexibility index (Phi) is 3.04. The molecule has 0 aromatic heterocycles. The van der Waals surface area contributed by atoms with Crippen LogP contribution < -0.4 is 0 Å². The van der Waals surface area contributed by atoms with Crippen LogP contribution >= 0.6 is 0 Å². The van der Waals surface area contributed by atoms with Crippen molar-refractivity contribution in [2.75, 3.05) is 0 Å². The molecule has 1 aromatic carbocycles. The van der Waals surface area contributed by atoms with Gasteiger partial charge in [-0.3, -0.25) is 0 Å². The number of azide groups is 1. The topological polar surface area (TPSA) is 86.1 Å². The highest BCUT2D eigenvalue weighted by molar-refractivity contribution is 5.87. The Morgan fingerprint density at radius 2 is 2.36 bits per heavy atom. The monoisotopic (exact) mass is 195 g/mol. The molecule has 0 unspecified atom stereocenters. The van der Waals surface area contributed by atoms with E-state index in [2.05, 4.69) is 10.0 Å². The first-order chi connectivity index (χ1) is 6.65. The molecule has 0 amide bonds. The van der Waals surface area contributed by atoms with E-state index >= 15 is 0 Å². The van der Waals surface area contributed by atoms with Crippen molar-refractivity contribution in [2.45, 2.75) is 6.54 Å². The first kappa shape index (κ1) is 10.0. The van der Waals surface area contributed by atoms with Gasteiger partial charge in [0.05, 0.1) is 12.1 Å². The molecule has 5 nitrogen and oxygen atoms in total. The molecule has 1 N–H and O–H groups in total. The molecule has 0 atom stereocenters. The van der Waals surface area contributed by atoms with Crippen molar-refractivity contribution >= 4 is 5.97 Å². The summed E-state index contributed by atoms with van der Waals surface area (Å²) >= 11 is 0. The minimum Gasteiger partial charge on any atom is -0.478 e. The maximum absolute atomic E-state index is 13.1. The minimum absolute atomic E-state index is 0.123. The number of benzene rings is 1. The molecule has 0 fully saturated rings. The zero-order valence-corrected chi connectivity index (χ0v) is 7.01. The van der Waals surface area contributed by atoms with Crippen molar-refractivity contribution in [2.24, 2.45) is 5.11 Å². The Labute approximate surface area is 78.4 Å². The van der Waals surface area contributed by atoms with Crippen LogP contribution in [0.25, 0.3) is 10.4 Å². The van der Waals surface area contributed by atoms with E-state index in [1.165, 1.54) is 12.1 Å². The molecule has 1 rings (SSSR count). The molecule has 0 saturated heterocycles. The molecule has 0 heterocycles. The van der Waals surface area contributed by atoms with Crippen molar-refractivity contribution in [1.29, 1.82) is 0 Å². The van der Waals surface area contributed by atoms with Crippen molar-refractivity contribution in [3.8, 4) is 0 Å². The molecule has 72 valence electrons. The Morgan fingerprint density at radius 1 is 1.64 bits per heavy atom. The van der Waals surface area contributed by atoms with Gasteiger partial charge < -0.3 is 5.11 Å². The van der Waals surface area contributed by atoms with Gasteiger partial charge in [-0.25, -0.2) is 9.18 Å². The van der Waals surface area contributed by atoms with Crippen LogP contribution in [0, 0.1) is 5.82 Å². The Hall–Kier alpha value is -2.07. The fraction of sp³-hybridized carbons (Fsp3) is 0.125. The number of carboxylic acids is 1. The van der Waals surface area contributed by atoms with Gasteiger partial charge in [0, 0.05) is 4.91 Å². The van der Waals surface area contributed by atoms with E-state index in [1.54, 1.807) is 0 Å². The third kappa shape index (κ3) is 2.21. The van der Waals surface area contributed by atoms with Crippen LogP contribution in [0.2, 0.25) is 0 Å². The third-order valence-corrected chi connectivity index (χ3v) is 1.60. The summed E-state index contributed by atoms with van der Waals surface area (Å²) in [7, 11) is 0. The van der Waals surface area contributed by atoms with Gasteiger partial charge in [-0.2, -0.15) is 0 Å².